The van der Waals surface area contributed by atoms with E-state index in [0.29, 0.717) is 6.54 Å². The van der Waals surface area contributed by atoms with Gasteiger partial charge in [-0.15, -0.1) is 0 Å². The van der Waals surface area contributed by atoms with Gasteiger partial charge in [-0.3, -0.25) is 14.7 Å². The van der Waals surface area contributed by atoms with Crippen LogP contribution in [0.5, 0.6) is 0 Å². The van der Waals surface area contributed by atoms with Crippen LogP contribution in [0.3, 0.4) is 0 Å². The van der Waals surface area contributed by atoms with Gasteiger partial charge in [0.05, 0.1) is 5.41 Å². The van der Waals surface area contributed by atoms with E-state index in [1.165, 1.54) is 17.7 Å². The Bertz CT molecular complexity index is 765. The maximum atomic E-state index is 13.2. The summed E-state index contributed by atoms with van der Waals surface area (Å²) in [4.78, 5) is 21.7. The molecule has 2 aliphatic rings. The van der Waals surface area contributed by atoms with Crippen molar-refractivity contribution in [1.29, 1.82) is 0 Å². The zero-order valence-electron chi connectivity index (χ0n) is 14.9. The van der Waals surface area contributed by atoms with Crippen LogP contribution in [0.4, 0.5) is 4.39 Å². The van der Waals surface area contributed by atoms with E-state index in [4.69, 9.17) is 0 Å². The Balaban J connectivity index is 1.43. The Labute approximate surface area is 153 Å². The Hall–Kier alpha value is -2.27. The number of halogens is 1. The smallest absolute Gasteiger partial charge is 0.230 e. The quantitative estimate of drug-likeness (QED) is 0.847. The van der Waals surface area contributed by atoms with Gasteiger partial charge in [0.15, 0.2) is 0 Å². The highest BCUT2D eigenvalue weighted by Crippen LogP contribution is 2.40. The maximum absolute atomic E-state index is 13.2. The topological polar surface area (TPSA) is 36.4 Å². The fourth-order valence-corrected chi connectivity index (χ4v) is 4.33. The van der Waals surface area contributed by atoms with Crippen molar-refractivity contribution in [1.82, 2.24) is 14.8 Å². The van der Waals surface area contributed by atoms with Crippen LogP contribution in [0.2, 0.25) is 0 Å². The van der Waals surface area contributed by atoms with Crippen LogP contribution < -0.4 is 0 Å². The molecule has 0 unspecified atom stereocenters. The van der Waals surface area contributed by atoms with Crippen LogP contribution in [0.25, 0.3) is 0 Å². The molecule has 0 radical (unpaired) electrons. The van der Waals surface area contributed by atoms with Crippen molar-refractivity contribution in [2.24, 2.45) is 5.41 Å². The Morgan fingerprint density at radius 2 is 1.69 bits per heavy atom. The number of benzene rings is 1. The molecule has 5 heteroatoms. The lowest BCUT2D eigenvalue weighted by molar-refractivity contribution is -0.146. The first-order valence-electron chi connectivity index (χ1n) is 9.30. The molecule has 1 aromatic heterocycles. The summed E-state index contributed by atoms with van der Waals surface area (Å²) in [5.74, 6) is 0.0306. The van der Waals surface area contributed by atoms with Gasteiger partial charge < -0.3 is 4.90 Å². The number of carbonyl (C=O) groups excluding carboxylic acids is 1. The van der Waals surface area contributed by atoms with Crippen LogP contribution in [-0.2, 0) is 17.9 Å². The number of aromatic nitrogens is 1. The van der Waals surface area contributed by atoms with E-state index < -0.39 is 0 Å². The van der Waals surface area contributed by atoms with Crippen molar-refractivity contribution in [3.05, 3.63) is 65.7 Å². The number of hydrogen-bond acceptors (Lipinski definition) is 3. The monoisotopic (exact) mass is 353 g/mol. The molecular weight excluding hydrogens is 329 g/mol. The second kappa shape index (κ2) is 7.16. The average molecular weight is 353 g/mol. The molecule has 0 N–H and O–H groups in total. The molecule has 2 aliphatic heterocycles. The number of likely N-dealkylation sites (tertiary alicyclic amines) is 2. The molecule has 4 nitrogen and oxygen atoms in total. The number of rotatable bonds is 4. The Kier molecular flexibility index (Phi) is 4.72. The van der Waals surface area contributed by atoms with Crippen molar-refractivity contribution in [3.63, 3.8) is 0 Å². The molecule has 0 aliphatic carbocycles. The molecule has 0 bridgehead atoms. The van der Waals surface area contributed by atoms with E-state index >= 15 is 0 Å². The van der Waals surface area contributed by atoms with E-state index in [-0.39, 0.29) is 17.1 Å². The first-order chi connectivity index (χ1) is 12.6. The molecule has 1 atom stereocenters. The van der Waals surface area contributed by atoms with Crippen LogP contribution in [0.15, 0.2) is 48.8 Å². The zero-order chi connectivity index (χ0) is 18.0. The summed E-state index contributed by atoms with van der Waals surface area (Å²) in [6.45, 7) is 4.02. The van der Waals surface area contributed by atoms with Crippen LogP contribution in [0, 0.1) is 11.2 Å². The Morgan fingerprint density at radius 3 is 2.46 bits per heavy atom. The minimum atomic E-state index is -0.245. The number of amides is 1. The minimum absolute atomic E-state index is 0.238. The molecule has 0 saturated carbocycles. The van der Waals surface area contributed by atoms with Gasteiger partial charge in [-0.1, -0.05) is 12.1 Å². The molecule has 1 amide bonds. The lowest BCUT2D eigenvalue weighted by Crippen LogP contribution is -2.49. The SMILES string of the molecule is O=C1N(Cc2ccc(F)cc2)CCC[C@]12CCN(Cc1ccncc1)C2. The fourth-order valence-electron chi connectivity index (χ4n) is 4.33. The van der Waals surface area contributed by atoms with Gasteiger partial charge in [-0.25, -0.2) is 4.39 Å². The second-order valence-electron chi connectivity index (χ2n) is 7.55. The third kappa shape index (κ3) is 3.49. The third-order valence-corrected chi connectivity index (χ3v) is 5.70. The highest BCUT2D eigenvalue weighted by molar-refractivity contribution is 5.84. The summed E-state index contributed by atoms with van der Waals surface area (Å²) in [6.07, 6.45) is 6.57. The standard InChI is InChI=1S/C21H24FN3O/c22-19-4-2-17(3-5-19)15-25-12-1-8-21(20(25)26)9-13-24(16-21)14-18-6-10-23-11-7-18/h2-7,10-11H,1,8-9,12-16H2/t21-/m1/s1. The average Bonchev–Trinajstić information content (AvgIpc) is 3.05. The Morgan fingerprint density at radius 1 is 0.962 bits per heavy atom. The minimum Gasteiger partial charge on any atom is -0.338 e. The van der Waals surface area contributed by atoms with E-state index in [0.717, 1.165) is 51.0 Å². The summed E-state index contributed by atoms with van der Waals surface area (Å²) >= 11 is 0. The molecule has 136 valence electrons. The van der Waals surface area contributed by atoms with Gasteiger partial charge in [0.25, 0.3) is 0 Å². The second-order valence-corrected chi connectivity index (χ2v) is 7.55. The lowest BCUT2D eigenvalue weighted by atomic mass is 9.78. The predicted molar refractivity (Wildman–Crippen MR) is 97.6 cm³/mol. The predicted octanol–water partition coefficient (Wildman–Crippen LogP) is 3.24. The molecule has 1 aromatic carbocycles. The summed E-state index contributed by atoms with van der Waals surface area (Å²) in [5.41, 5.74) is 1.98. The molecule has 2 fully saturated rings. The van der Waals surface area contributed by atoms with Crippen molar-refractivity contribution in [3.8, 4) is 0 Å². The first-order valence-corrected chi connectivity index (χ1v) is 9.30. The lowest BCUT2D eigenvalue weighted by Gasteiger charge is -2.39. The molecule has 3 heterocycles. The van der Waals surface area contributed by atoms with Gasteiger partial charge in [-0.2, -0.15) is 0 Å². The van der Waals surface area contributed by atoms with Gasteiger partial charge in [0.1, 0.15) is 5.82 Å². The molecule has 4 rings (SSSR count). The summed E-state index contributed by atoms with van der Waals surface area (Å²) in [6, 6.07) is 10.5. The number of piperidine rings is 1. The highest BCUT2D eigenvalue weighted by atomic mass is 19.1. The molecule has 26 heavy (non-hydrogen) atoms. The van der Waals surface area contributed by atoms with E-state index in [2.05, 4.69) is 9.88 Å². The van der Waals surface area contributed by atoms with E-state index in [9.17, 15) is 9.18 Å². The fraction of sp³-hybridized carbons (Fsp3) is 0.429. The van der Waals surface area contributed by atoms with Crippen molar-refractivity contribution < 1.29 is 9.18 Å². The molecular formula is C21H24FN3O. The zero-order valence-corrected chi connectivity index (χ0v) is 14.9. The number of hydrogen-bond donors (Lipinski definition) is 0. The van der Waals surface area contributed by atoms with Gasteiger partial charge in [0.2, 0.25) is 5.91 Å². The normalized spacial score (nSPS) is 23.7. The summed E-state index contributed by atoms with van der Waals surface area (Å²) < 4.78 is 13.1. The maximum Gasteiger partial charge on any atom is 0.230 e. The summed E-state index contributed by atoms with van der Waals surface area (Å²) in [7, 11) is 0. The van der Waals surface area contributed by atoms with Gasteiger partial charge in [-0.05, 0) is 61.2 Å². The third-order valence-electron chi connectivity index (χ3n) is 5.70. The molecule has 1 spiro atoms. The van der Waals surface area contributed by atoms with Crippen molar-refractivity contribution in [2.45, 2.75) is 32.4 Å². The van der Waals surface area contributed by atoms with E-state index in [1.807, 2.05) is 29.4 Å². The van der Waals surface area contributed by atoms with Crippen LogP contribution >= 0.6 is 0 Å². The largest absolute Gasteiger partial charge is 0.338 e. The van der Waals surface area contributed by atoms with Gasteiger partial charge in [0, 0.05) is 38.6 Å². The number of nitrogens with zero attached hydrogens (tertiary/aromatic N) is 3. The van der Waals surface area contributed by atoms with Crippen molar-refractivity contribution >= 4 is 5.91 Å². The van der Waals surface area contributed by atoms with Crippen molar-refractivity contribution in [2.75, 3.05) is 19.6 Å². The molecule has 2 saturated heterocycles. The van der Waals surface area contributed by atoms with E-state index in [1.54, 1.807) is 12.1 Å². The van der Waals surface area contributed by atoms with Gasteiger partial charge >= 0.3 is 0 Å². The molecule has 2 aromatic rings. The number of pyridine rings is 1. The first kappa shape index (κ1) is 17.2. The number of carbonyl (C=O) groups is 1. The van der Waals surface area contributed by atoms with Crippen LogP contribution in [-0.4, -0.2) is 40.3 Å². The highest BCUT2D eigenvalue weighted by Gasteiger charge is 2.48. The summed E-state index contributed by atoms with van der Waals surface area (Å²) in [5, 5.41) is 0. The van der Waals surface area contributed by atoms with Crippen LogP contribution in [0.1, 0.15) is 30.4 Å².